The van der Waals surface area contributed by atoms with E-state index in [1.54, 1.807) is 12.4 Å². The molecule has 2 heterocycles. The zero-order chi connectivity index (χ0) is 9.97. The Balaban J connectivity index is 2.10. The SMILES string of the molecule is CC1CCCN(c2ncc(N)cn2)C1. The molecule has 1 aromatic rings. The van der Waals surface area contributed by atoms with E-state index in [9.17, 15) is 0 Å². The number of hydrogen-bond donors (Lipinski definition) is 1. The predicted molar refractivity (Wildman–Crippen MR) is 57.1 cm³/mol. The van der Waals surface area contributed by atoms with Crippen LogP contribution in [0.5, 0.6) is 0 Å². The van der Waals surface area contributed by atoms with Crippen molar-refractivity contribution in [3.8, 4) is 0 Å². The van der Waals surface area contributed by atoms with Crippen molar-refractivity contribution in [2.75, 3.05) is 23.7 Å². The Hall–Kier alpha value is -1.32. The molecule has 0 aromatic carbocycles. The van der Waals surface area contributed by atoms with Gasteiger partial charge in [0.05, 0.1) is 18.1 Å². The van der Waals surface area contributed by atoms with Crippen LogP contribution in [0.15, 0.2) is 12.4 Å². The highest BCUT2D eigenvalue weighted by Gasteiger charge is 2.17. The Morgan fingerprint density at radius 3 is 2.79 bits per heavy atom. The highest BCUT2D eigenvalue weighted by Crippen LogP contribution is 2.19. The Bertz CT molecular complexity index is 295. The van der Waals surface area contributed by atoms with E-state index in [1.807, 2.05) is 0 Å². The molecule has 1 saturated heterocycles. The average molecular weight is 192 g/mol. The van der Waals surface area contributed by atoms with Gasteiger partial charge in [0.25, 0.3) is 0 Å². The summed E-state index contributed by atoms with van der Waals surface area (Å²) in [4.78, 5) is 10.7. The molecule has 76 valence electrons. The molecule has 0 radical (unpaired) electrons. The summed E-state index contributed by atoms with van der Waals surface area (Å²) in [7, 11) is 0. The lowest BCUT2D eigenvalue weighted by molar-refractivity contribution is 0.442. The van der Waals surface area contributed by atoms with Crippen LogP contribution in [-0.4, -0.2) is 23.1 Å². The van der Waals surface area contributed by atoms with Crippen LogP contribution in [0.25, 0.3) is 0 Å². The van der Waals surface area contributed by atoms with Crippen LogP contribution in [0.1, 0.15) is 19.8 Å². The number of nitrogens with zero attached hydrogens (tertiary/aromatic N) is 3. The highest BCUT2D eigenvalue weighted by atomic mass is 15.2. The van der Waals surface area contributed by atoms with Crippen LogP contribution >= 0.6 is 0 Å². The van der Waals surface area contributed by atoms with E-state index < -0.39 is 0 Å². The molecule has 1 aromatic heterocycles. The molecular formula is C10H16N4. The third-order valence-corrected chi connectivity index (χ3v) is 2.60. The van der Waals surface area contributed by atoms with Gasteiger partial charge in [-0.15, -0.1) is 0 Å². The highest BCUT2D eigenvalue weighted by molar-refractivity contribution is 5.38. The first-order chi connectivity index (χ1) is 6.75. The van der Waals surface area contributed by atoms with Crippen molar-refractivity contribution in [3.05, 3.63) is 12.4 Å². The zero-order valence-corrected chi connectivity index (χ0v) is 8.48. The molecule has 2 N–H and O–H groups in total. The van der Waals surface area contributed by atoms with E-state index >= 15 is 0 Å². The molecule has 4 heteroatoms. The molecule has 0 spiro atoms. The summed E-state index contributed by atoms with van der Waals surface area (Å²) in [6, 6.07) is 0. The van der Waals surface area contributed by atoms with Gasteiger partial charge < -0.3 is 10.6 Å². The molecule has 1 aliphatic heterocycles. The standard InChI is InChI=1S/C10H16N4/c1-8-3-2-4-14(7-8)10-12-5-9(11)6-13-10/h5-6,8H,2-4,7,11H2,1H3. The fourth-order valence-electron chi connectivity index (χ4n) is 1.87. The molecule has 0 amide bonds. The second-order valence-electron chi connectivity index (χ2n) is 4.01. The quantitative estimate of drug-likeness (QED) is 0.728. The monoisotopic (exact) mass is 192 g/mol. The third-order valence-electron chi connectivity index (χ3n) is 2.60. The topological polar surface area (TPSA) is 55.0 Å². The van der Waals surface area contributed by atoms with Crippen LogP contribution in [-0.2, 0) is 0 Å². The molecule has 2 rings (SSSR count). The minimum absolute atomic E-state index is 0.624. The first-order valence-corrected chi connectivity index (χ1v) is 5.08. The minimum atomic E-state index is 0.624. The van der Waals surface area contributed by atoms with Crippen molar-refractivity contribution in [2.45, 2.75) is 19.8 Å². The van der Waals surface area contributed by atoms with Gasteiger partial charge in [-0.3, -0.25) is 0 Å². The second-order valence-corrected chi connectivity index (χ2v) is 4.01. The van der Waals surface area contributed by atoms with Gasteiger partial charge in [0.2, 0.25) is 5.95 Å². The first kappa shape index (κ1) is 9.24. The van der Waals surface area contributed by atoms with Crippen molar-refractivity contribution in [2.24, 2.45) is 5.92 Å². The van der Waals surface area contributed by atoms with Crippen molar-refractivity contribution < 1.29 is 0 Å². The van der Waals surface area contributed by atoms with Crippen LogP contribution in [0.3, 0.4) is 0 Å². The van der Waals surface area contributed by atoms with Crippen molar-refractivity contribution >= 4 is 11.6 Å². The summed E-state index contributed by atoms with van der Waals surface area (Å²) in [6.07, 6.45) is 5.88. The summed E-state index contributed by atoms with van der Waals surface area (Å²) < 4.78 is 0. The molecule has 1 unspecified atom stereocenters. The largest absolute Gasteiger partial charge is 0.396 e. The molecule has 4 nitrogen and oxygen atoms in total. The van der Waals surface area contributed by atoms with Gasteiger partial charge in [0, 0.05) is 13.1 Å². The zero-order valence-electron chi connectivity index (χ0n) is 8.48. The number of nitrogens with two attached hydrogens (primary N) is 1. The molecule has 1 fully saturated rings. The smallest absolute Gasteiger partial charge is 0.225 e. The second kappa shape index (κ2) is 3.82. The van der Waals surface area contributed by atoms with E-state index in [-0.39, 0.29) is 0 Å². The van der Waals surface area contributed by atoms with Crippen LogP contribution in [0, 0.1) is 5.92 Å². The van der Waals surface area contributed by atoms with E-state index in [2.05, 4.69) is 21.8 Å². The van der Waals surface area contributed by atoms with Crippen molar-refractivity contribution in [1.82, 2.24) is 9.97 Å². The minimum Gasteiger partial charge on any atom is -0.396 e. The van der Waals surface area contributed by atoms with Crippen LogP contribution < -0.4 is 10.6 Å². The van der Waals surface area contributed by atoms with Gasteiger partial charge in [-0.25, -0.2) is 9.97 Å². The summed E-state index contributed by atoms with van der Waals surface area (Å²) in [5, 5.41) is 0. The summed E-state index contributed by atoms with van der Waals surface area (Å²) in [5.74, 6) is 1.55. The molecule has 0 saturated carbocycles. The van der Waals surface area contributed by atoms with E-state index in [0.717, 1.165) is 25.0 Å². The van der Waals surface area contributed by atoms with E-state index in [0.29, 0.717) is 5.69 Å². The molecule has 0 aliphatic carbocycles. The Morgan fingerprint density at radius 2 is 2.14 bits per heavy atom. The van der Waals surface area contributed by atoms with Gasteiger partial charge in [-0.05, 0) is 18.8 Å². The maximum Gasteiger partial charge on any atom is 0.225 e. The lowest BCUT2D eigenvalue weighted by Crippen LogP contribution is -2.35. The molecule has 14 heavy (non-hydrogen) atoms. The number of hydrogen-bond acceptors (Lipinski definition) is 4. The lowest BCUT2D eigenvalue weighted by Gasteiger charge is -2.30. The summed E-state index contributed by atoms with van der Waals surface area (Å²) >= 11 is 0. The normalized spacial score (nSPS) is 22.4. The number of rotatable bonds is 1. The average Bonchev–Trinajstić information content (AvgIpc) is 2.19. The summed E-state index contributed by atoms with van der Waals surface area (Å²) in [6.45, 7) is 4.39. The predicted octanol–water partition coefficient (Wildman–Crippen LogP) is 1.30. The van der Waals surface area contributed by atoms with Crippen LogP contribution in [0.4, 0.5) is 11.6 Å². The summed E-state index contributed by atoms with van der Waals surface area (Å²) in [5.41, 5.74) is 6.16. The fourth-order valence-corrected chi connectivity index (χ4v) is 1.87. The molecule has 1 atom stereocenters. The fraction of sp³-hybridized carbons (Fsp3) is 0.600. The van der Waals surface area contributed by atoms with E-state index in [1.165, 1.54) is 12.8 Å². The van der Waals surface area contributed by atoms with Crippen molar-refractivity contribution in [1.29, 1.82) is 0 Å². The van der Waals surface area contributed by atoms with Crippen molar-refractivity contribution in [3.63, 3.8) is 0 Å². The first-order valence-electron chi connectivity index (χ1n) is 5.08. The maximum atomic E-state index is 5.54. The number of piperidine rings is 1. The van der Waals surface area contributed by atoms with Gasteiger partial charge in [0.1, 0.15) is 0 Å². The van der Waals surface area contributed by atoms with Gasteiger partial charge in [0.15, 0.2) is 0 Å². The Labute approximate surface area is 84.2 Å². The maximum absolute atomic E-state index is 5.54. The third kappa shape index (κ3) is 1.95. The number of nitrogen functional groups attached to an aromatic ring is 1. The molecule has 0 bridgehead atoms. The Kier molecular flexibility index (Phi) is 2.52. The Morgan fingerprint density at radius 1 is 1.43 bits per heavy atom. The number of anilines is 2. The van der Waals surface area contributed by atoms with Gasteiger partial charge in [-0.2, -0.15) is 0 Å². The molecular weight excluding hydrogens is 176 g/mol. The van der Waals surface area contributed by atoms with E-state index in [4.69, 9.17) is 5.73 Å². The molecule has 1 aliphatic rings. The lowest BCUT2D eigenvalue weighted by atomic mass is 10.0. The van der Waals surface area contributed by atoms with Gasteiger partial charge in [-0.1, -0.05) is 6.92 Å². The number of aromatic nitrogens is 2. The van der Waals surface area contributed by atoms with Crippen LogP contribution in [0.2, 0.25) is 0 Å². The van der Waals surface area contributed by atoms with Gasteiger partial charge >= 0.3 is 0 Å².